The normalized spacial score (nSPS) is 41.1. The number of carbonyl (C=O) groups excluding carboxylic acids is 1. The van der Waals surface area contributed by atoms with Crippen LogP contribution in [0.25, 0.3) is 0 Å². The van der Waals surface area contributed by atoms with Crippen LogP contribution in [0.3, 0.4) is 0 Å². The molecule has 0 spiro atoms. The van der Waals surface area contributed by atoms with E-state index in [1.165, 1.54) is 12.8 Å². The quantitative estimate of drug-likeness (QED) is 0.821. The minimum Gasteiger partial charge on any atom is -0.337 e. The first kappa shape index (κ1) is 13.9. The number of amides is 1. The second-order valence-corrected chi connectivity index (χ2v) is 6.39. The molecule has 2 rings (SSSR count). The summed E-state index contributed by atoms with van der Waals surface area (Å²) in [7, 11) is 0. The van der Waals surface area contributed by atoms with Crippen molar-refractivity contribution in [1.82, 2.24) is 4.90 Å². The monoisotopic (exact) mass is 252 g/mol. The second kappa shape index (κ2) is 5.60. The Morgan fingerprint density at radius 2 is 1.94 bits per heavy atom. The Labute approximate surface area is 111 Å². The standard InChI is InChI=1S/C15H28N2O/c1-4-13-7-5-11(3)17(13)15(18)12-6-8-14(16)10(2)9-12/h10-14H,4-9,16H2,1-3H3. The number of hydrogen-bond donors (Lipinski definition) is 1. The summed E-state index contributed by atoms with van der Waals surface area (Å²) in [6.07, 6.45) is 6.44. The first-order valence-corrected chi connectivity index (χ1v) is 7.62. The molecule has 2 N–H and O–H groups in total. The van der Waals surface area contributed by atoms with Crippen molar-refractivity contribution in [3.05, 3.63) is 0 Å². The van der Waals surface area contributed by atoms with Gasteiger partial charge >= 0.3 is 0 Å². The van der Waals surface area contributed by atoms with E-state index in [0.717, 1.165) is 25.7 Å². The van der Waals surface area contributed by atoms with Gasteiger partial charge in [-0.25, -0.2) is 0 Å². The van der Waals surface area contributed by atoms with Gasteiger partial charge in [0, 0.05) is 24.0 Å². The van der Waals surface area contributed by atoms with Crippen LogP contribution in [0, 0.1) is 11.8 Å². The van der Waals surface area contributed by atoms with E-state index in [4.69, 9.17) is 5.73 Å². The number of rotatable bonds is 2. The molecule has 1 saturated carbocycles. The van der Waals surface area contributed by atoms with E-state index in [-0.39, 0.29) is 5.92 Å². The van der Waals surface area contributed by atoms with Gasteiger partial charge in [0.1, 0.15) is 0 Å². The lowest BCUT2D eigenvalue weighted by Gasteiger charge is -2.36. The Morgan fingerprint density at radius 3 is 2.56 bits per heavy atom. The van der Waals surface area contributed by atoms with Crippen molar-refractivity contribution in [2.45, 2.75) is 77.4 Å². The van der Waals surface area contributed by atoms with Gasteiger partial charge in [-0.1, -0.05) is 13.8 Å². The molecular formula is C15H28N2O. The van der Waals surface area contributed by atoms with Gasteiger partial charge in [0.15, 0.2) is 0 Å². The van der Waals surface area contributed by atoms with Crippen molar-refractivity contribution in [3.8, 4) is 0 Å². The van der Waals surface area contributed by atoms with Crippen LogP contribution in [0.5, 0.6) is 0 Å². The molecule has 5 atom stereocenters. The van der Waals surface area contributed by atoms with Gasteiger partial charge < -0.3 is 10.6 Å². The number of likely N-dealkylation sites (tertiary alicyclic amines) is 1. The van der Waals surface area contributed by atoms with E-state index in [2.05, 4.69) is 25.7 Å². The molecule has 3 nitrogen and oxygen atoms in total. The Hall–Kier alpha value is -0.570. The van der Waals surface area contributed by atoms with Gasteiger partial charge in [-0.3, -0.25) is 4.79 Å². The van der Waals surface area contributed by atoms with Crippen LogP contribution in [0.2, 0.25) is 0 Å². The maximum Gasteiger partial charge on any atom is 0.226 e. The highest BCUT2D eigenvalue weighted by atomic mass is 16.2. The van der Waals surface area contributed by atoms with Gasteiger partial charge in [0.2, 0.25) is 5.91 Å². The molecule has 1 aliphatic heterocycles. The number of hydrogen-bond acceptors (Lipinski definition) is 2. The third-order valence-corrected chi connectivity index (χ3v) is 5.10. The summed E-state index contributed by atoms with van der Waals surface area (Å²) < 4.78 is 0. The Kier molecular flexibility index (Phi) is 4.31. The van der Waals surface area contributed by atoms with E-state index in [1.54, 1.807) is 0 Å². The van der Waals surface area contributed by atoms with E-state index < -0.39 is 0 Å². The Bertz CT molecular complexity index is 305. The minimum atomic E-state index is 0.231. The summed E-state index contributed by atoms with van der Waals surface area (Å²) in [5.74, 6) is 1.13. The van der Waals surface area contributed by atoms with Crippen molar-refractivity contribution in [3.63, 3.8) is 0 Å². The van der Waals surface area contributed by atoms with Crippen molar-refractivity contribution in [2.75, 3.05) is 0 Å². The zero-order valence-corrected chi connectivity index (χ0v) is 12.1. The van der Waals surface area contributed by atoms with Crippen molar-refractivity contribution < 1.29 is 4.79 Å². The molecule has 18 heavy (non-hydrogen) atoms. The lowest BCUT2D eigenvalue weighted by atomic mass is 9.78. The summed E-state index contributed by atoms with van der Waals surface area (Å²) >= 11 is 0. The maximum absolute atomic E-state index is 12.7. The maximum atomic E-state index is 12.7. The molecule has 1 saturated heterocycles. The fourth-order valence-electron chi connectivity index (χ4n) is 3.72. The Morgan fingerprint density at radius 1 is 1.22 bits per heavy atom. The van der Waals surface area contributed by atoms with Gasteiger partial charge in [0.05, 0.1) is 0 Å². The highest BCUT2D eigenvalue weighted by molar-refractivity contribution is 5.80. The SMILES string of the molecule is CCC1CCC(C)N1C(=O)C1CCC(N)C(C)C1. The van der Waals surface area contributed by atoms with Crippen LogP contribution in [-0.2, 0) is 4.79 Å². The topological polar surface area (TPSA) is 46.3 Å². The predicted molar refractivity (Wildman–Crippen MR) is 74.1 cm³/mol. The molecule has 0 aromatic rings. The smallest absolute Gasteiger partial charge is 0.226 e. The van der Waals surface area contributed by atoms with E-state index in [9.17, 15) is 4.79 Å². The minimum absolute atomic E-state index is 0.231. The van der Waals surface area contributed by atoms with Gasteiger partial charge in [-0.05, 0) is 51.4 Å². The molecule has 0 radical (unpaired) electrons. The lowest BCUT2D eigenvalue weighted by Crippen LogP contribution is -2.46. The average molecular weight is 252 g/mol. The number of nitrogens with two attached hydrogens (primary N) is 1. The third kappa shape index (κ3) is 2.56. The predicted octanol–water partition coefficient (Wildman–Crippen LogP) is 2.54. The van der Waals surface area contributed by atoms with Crippen LogP contribution in [0.15, 0.2) is 0 Å². The summed E-state index contributed by atoms with van der Waals surface area (Å²) in [5, 5.41) is 0. The molecular weight excluding hydrogens is 224 g/mol. The summed E-state index contributed by atoms with van der Waals surface area (Å²) in [4.78, 5) is 14.9. The van der Waals surface area contributed by atoms with Crippen molar-refractivity contribution in [2.24, 2.45) is 17.6 Å². The molecule has 0 aromatic carbocycles. The molecule has 104 valence electrons. The summed E-state index contributed by atoms with van der Waals surface area (Å²) in [6, 6.07) is 1.22. The van der Waals surface area contributed by atoms with Crippen LogP contribution in [-0.4, -0.2) is 28.9 Å². The highest BCUT2D eigenvalue weighted by Crippen LogP contribution is 2.34. The zero-order valence-electron chi connectivity index (χ0n) is 12.1. The fourth-order valence-corrected chi connectivity index (χ4v) is 3.72. The van der Waals surface area contributed by atoms with Gasteiger partial charge in [-0.15, -0.1) is 0 Å². The first-order valence-electron chi connectivity index (χ1n) is 7.62. The fraction of sp³-hybridized carbons (Fsp3) is 0.933. The zero-order chi connectivity index (χ0) is 13.3. The van der Waals surface area contributed by atoms with Crippen LogP contribution in [0.4, 0.5) is 0 Å². The largest absolute Gasteiger partial charge is 0.337 e. The molecule has 5 unspecified atom stereocenters. The van der Waals surface area contributed by atoms with E-state index in [1.807, 2.05) is 0 Å². The average Bonchev–Trinajstić information content (AvgIpc) is 2.73. The van der Waals surface area contributed by atoms with Crippen LogP contribution in [0.1, 0.15) is 59.3 Å². The molecule has 3 heteroatoms. The molecule has 2 fully saturated rings. The summed E-state index contributed by atoms with van der Waals surface area (Å²) in [6.45, 7) is 6.59. The van der Waals surface area contributed by atoms with E-state index >= 15 is 0 Å². The lowest BCUT2D eigenvalue weighted by molar-refractivity contribution is -0.140. The van der Waals surface area contributed by atoms with Crippen molar-refractivity contribution in [1.29, 1.82) is 0 Å². The Balaban J connectivity index is 2.02. The highest BCUT2D eigenvalue weighted by Gasteiger charge is 2.38. The van der Waals surface area contributed by atoms with Gasteiger partial charge in [0.25, 0.3) is 0 Å². The second-order valence-electron chi connectivity index (χ2n) is 6.39. The third-order valence-electron chi connectivity index (χ3n) is 5.10. The molecule has 0 bridgehead atoms. The molecule has 0 aromatic heterocycles. The molecule has 1 aliphatic carbocycles. The number of nitrogens with zero attached hydrogens (tertiary/aromatic N) is 1. The molecule has 2 aliphatic rings. The summed E-state index contributed by atoms with van der Waals surface area (Å²) in [5.41, 5.74) is 6.05. The van der Waals surface area contributed by atoms with Crippen molar-refractivity contribution >= 4 is 5.91 Å². The molecule has 1 amide bonds. The van der Waals surface area contributed by atoms with Gasteiger partial charge in [-0.2, -0.15) is 0 Å². The van der Waals surface area contributed by atoms with E-state index in [0.29, 0.717) is 30.0 Å². The van der Waals surface area contributed by atoms with Crippen LogP contribution >= 0.6 is 0 Å². The molecule has 1 heterocycles. The number of carbonyl (C=O) groups is 1. The first-order chi connectivity index (χ1) is 8.54. The van der Waals surface area contributed by atoms with Crippen LogP contribution < -0.4 is 5.73 Å².